The molecule has 0 fully saturated rings. The van der Waals surface area contributed by atoms with Gasteiger partial charge < -0.3 is 10.1 Å². The first-order valence-corrected chi connectivity index (χ1v) is 10.9. The quantitative estimate of drug-likeness (QED) is 0.432. The Morgan fingerprint density at radius 3 is 2.35 bits per heavy atom. The zero-order valence-corrected chi connectivity index (χ0v) is 18.8. The van der Waals surface area contributed by atoms with Gasteiger partial charge in [-0.2, -0.15) is 0 Å². The number of benzene rings is 2. The summed E-state index contributed by atoms with van der Waals surface area (Å²) in [5.74, 6) is 0.970. The summed E-state index contributed by atoms with van der Waals surface area (Å²) in [4.78, 5) is 21.6. The highest BCUT2D eigenvalue weighted by molar-refractivity contribution is 5.91. The number of anilines is 1. The van der Waals surface area contributed by atoms with Crippen molar-refractivity contribution in [1.82, 2.24) is 9.97 Å². The van der Waals surface area contributed by atoms with E-state index in [4.69, 9.17) is 4.74 Å². The van der Waals surface area contributed by atoms with Crippen LogP contribution in [0.15, 0.2) is 54.6 Å². The van der Waals surface area contributed by atoms with E-state index < -0.39 is 5.97 Å². The van der Waals surface area contributed by atoms with E-state index >= 15 is 0 Å². The third-order valence-corrected chi connectivity index (χ3v) is 5.34. The van der Waals surface area contributed by atoms with Crippen LogP contribution in [0.5, 0.6) is 5.75 Å². The average Bonchev–Trinajstić information content (AvgIpc) is 2.77. The normalized spacial score (nSPS) is 11.7. The van der Waals surface area contributed by atoms with E-state index in [0.717, 1.165) is 18.5 Å². The number of nitrogens with zero attached hydrogens (tertiary/aromatic N) is 2. The van der Waals surface area contributed by atoms with Crippen molar-refractivity contribution in [3.63, 3.8) is 0 Å². The van der Waals surface area contributed by atoms with E-state index in [-0.39, 0.29) is 0 Å². The van der Waals surface area contributed by atoms with Crippen molar-refractivity contribution in [2.75, 3.05) is 11.9 Å². The minimum absolute atomic E-state index is 0.393. The molecule has 0 saturated carbocycles. The van der Waals surface area contributed by atoms with Gasteiger partial charge in [0.2, 0.25) is 5.95 Å². The highest BCUT2D eigenvalue weighted by Gasteiger charge is 2.17. The smallest absolute Gasteiger partial charge is 0.343 e. The summed E-state index contributed by atoms with van der Waals surface area (Å²) < 4.78 is 5.63. The molecule has 0 saturated heterocycles. The Morgan fingerprint density at radius 1 is 1.00 bits per heavy atom. The Labute approximate surface area is 184 Å². The molecular formula is C26H31N3O2. The van der Waals surface area contributed by atoms with Crippen LogP contribution in [0.4, 0.5) is 5.95 Å². The zero-order valence-electron chi connectivity index (χ0n) is 18.8. The lowest BCUT2D eigenvalue weighted by Gasteiger charge is -2.19. The lowest BCUT2D eigenvalue weighted by Crippen LogP contribution is -2.16. The molecule has 1 heterocycles. The number of nitrogens with one attached hydrogen (secondary N) is 1. The van der Waals surface area contributed by atoms with Gasteiger partial charge in [-0.3, -0.25) is 0 Å². The van der Waals surface area contributed by atoms with Crippen molar-refractivity contribution in [3.8, 4) is 5.75 Å². The van der Waals surface area contributed by atoms with Crippen LogP contribution in [-0.2, 0) is 0 Å². The number of aryl methyl sites for hydroxylation is 3. The molecule has 3 aromatic rings. The Bertz CT molecular complexity index is 995. The molecule has 1 unspecified atom stereocenters. The van der Waals surface area contributed by atoms with Crippen LogP contribution < -0.4 is 10.1 Å². The molecule has 31 heavy (non-hydrogen) atoms. The molecule has 162 valence electrons. The van der Waals surface area contributed by atoms with Gasteiger partial charge in [0.05, 0.1) is 17.0 Å². The Balaban J connectivity index is 1.71. The fourth-order valence-electron chi connectivity index (χ4n) is 3.63. The van der Waals surface area contributed by atoms with Crippen LogP contribution in [0.1, 0.15) is 65.0 Å². The lowest BCUT2D eigenvalue weighted by atomic mass is 9.93. The fourth-order valence-corrected chi connectivity index (χ4v) is 3.63. The first kappa shape index (κ1) is 22.5. The summed E-state index contributed by atoms with van der Waals surface area (Å²) in [7, 11) is 0. The Hall–Kier alpha value is -3.21. The molecule has 5 nitrogen and oxygen atoms in total. The molecule has 2 aromatic carbocycles. The van der Waals surface area contributed by atoms with E-state index in [2.05, 4.69) is 46.5 Å². The van der Waals surface area contributed by atoms with Gasteiger partial charge in [-0.05, 0) is 44.9 Å². The number of rotatable bonds is 9. The fraction of sp³-hybridized carbons (Fsp3) is 0.346. The molecule has 1 N–H and O–H groups in total. The molecule has 0 aliphatic heterocycles. The number of carbonyl (C=O) groups excluding carboxylic acids is 1. The predicted molar refractivity (Wildman–Crippen MR) is 125 cm³/mol. The Kier molecular flexibility index (Phi) is 7.76. The van der Waals surface area contributed by atoms with E-state index in [9.17, 15) is 4.79 Å². The highest BCUT2D eigenvalue weighted by Crippen LogP contribution is 2.25. The number of hydrogen-bond donors (Lipinski definition) is 1. The minimum atomic E-state index is -0.400. The summed E-state index contributed by atoms with van der Waals surface area (Å²) in [6.07, 6.45) is 3.45. The number of carbonyl (C=O) groups is 1. The Morgan fingerprint density at radius 2 is 1.71 bits per heavy atom. The van der Waals surface area contributed by atoms with Crippen molar-refractivity contribution in [2.45, 2.75) is 52.9 Å². The highest BCUT2D eigenvalue weighted by atomic mass is 16.5. The van der Waals surface area contributed by atoms with Gasteiger partial charge in [-0.1, -0.05) is 67.8 Å². The van der Waals surface area contributed by atoms with Gasteiger partial charge in [-0.25, -0.2) is 14.8 Å². The molecule has 5 heteroatoms. The van der Waals surface area contributed by atoms with Crippen LogP contribution in [0.2, 0.25) is 0 Å². The van der Waals surface area contributed by atoms with Gasteiger partial charge in [-0.15, -0.1) is 0 Å². The van der Waals surface area contributed by atoms with Gasteiger partial charge in [0.25, 0.3) is 0 Å². The first-order valence-electron chi connectivity index (χ1n) is 10.9. The molecular weight excluding hydrogens is 386 g/mol. The third kappa shape index (κ3) is 6.14. The van der Waals surface area contributed by atoms with Crippen LogP contribution in [0.25, 0.3) is 0 Å². The summed E-state index contributed by atoms with van der Waals surface area (Å²) in [5.41, 5.74) is 4.12. The van der Waals surface area contributed by atoms with Crippen LogP contribution in [-0.4, -0.2) is 22.5 Å². The SMILES string of the molecule is CCCCC(CNc1nc(C)c(OC(=O)c2cccc(C)c2)c(C)n1)c1ccccc1. The van der Waals surface area contributed by atoms with E-state index in [1.54, 1.807) is 6.07 Å². The molecule has 0 spiro atoms. The average molecular weight is 418 g/mol. The molecule has 0 radical (unpaired) electrons. The van der Waals surface area contributed by atoms with Crippen LogP contribution in [0.3, 0.4) is 0 Å². The summed E-state index contributed by atoms with van der Waals surface area (Å²) >= 11 is 0. The van der Waals surface area contributed by atoms with Crippen LogP contribution in [0, 0.1) is 20.8 Å². The molecule has 0 aliphatic rings. The van der Waals surface area contributed by atoms with Crippen molar-refractivity contribution in [3.05, 3.63) is 82.7 Å². The largest absolute Gasteiger partial charge is 0.419 e. The second kappa shape index (κ2) is 10.7. The number of hydrogen-bond acceptors (Lipinski definition) is 5. The van der Waals surface area contributed by atoms with Gasteiger partial charge in [0.1, 0.15) is 0 Å². The molecule has 0 bridgehead atoms. The van der Waals surface area contributed by atoms with E-state index in [0.29, 0.717) is 34.6 Å². The maximum absolute atomic E-state index is 12.5. The monoisotopic (exact) mass is 417 g/mol. The second-order valence-electron chi connectivity index (χ2n) is 7.94. The third-order valence-electron chi connectivity index (χ3n) is 5.34. The maximum Gasteiger partial charge on any atom is 0.343 e. The van der Waals surface area contributed by atoms with Crippen LogP contribution >= 0.6 is 0 Å². The summed E-state index contributed by atoms with van der Waals surface area (Å²) in [6, 6.07) is 17.9. The number of esters is 1. The van der Waals surface area contributed by atoms with Crippen molar-refractivity contribution < 1.29 is 9.53 Å². The molecule has 0 amide bonds. The molecule has 3 rings (SSSR count). The predicted octanol–water partition coefficient (Wildman–Crippen LogP) is 6.01. The maximum atomic E-state index is 12.5. The minimum Gasteiger partial charge on any atom is -0.419 e. The van der Waals surface area contributed by atoms with Gasteiger partial charge >= 0.3 is 5.97 Å². The van der Waals surface area contributed by atoms with Crippen molar-refractivity contribution >= 4 is 11.9 Å². The second-order valence-corrected chi connectivity index (χ2v) is 7.94. The van der Waals surface area contributed by atoms with Crippen molar-refractivity contribution in [1.29, 1.82) is 0 Å². The topological polar surface area (TPSA) is 64.1 Å². The first-order chi connectivity index (χ1) is 15.0. The molecule has 1 aromatic heterocycles. The molecule has 0 aliphatic carbocycles. The summed E-state index contributed by atoms with van der Waals surface area (Å²) in [6.45, 7) is 8.59. The summed E-state index contributed by atoms with van der Waals surface area (Å²) in [5, 5.41) is 3.39. The van der Waals surface area contributed by atoms with Gasteiger partial charge in [0, 0.05) is 12.5 Å². The lowest BCUT2D eigenvalue weighted by molar-refractivity contribution is 0.0730. The zero-order chi connectivity index (χ0) is 22.2. The van der Waals surface area contributed by atoms with E-state index in [1.807, 2.05) is 45.0 Å². The van der Waals surface area contributed by atoms with Gasteiger partial charge in [0.15, 0.2) is 5.75 Å². The molecule has 1 atom stereocenters. The standard InChI is InChI=1S/C26H31N3O2/c1-5-6-12-23(21-13-8-7-9-14-21)17-27-26-28-19(3)24(20(4)29-26)31-25(30)22-15-10-11-18(2)16-22/h7-11,13-16,23H,5-6,12,17H2,1-4H3,(H,27,28,29). The number of ether oxygens (including phenoxy) is 1. The number of aromatic nitrogens is 2. The number of unbranched alkanes of at least 4 members (excludes halogenated alkanes) is 1. The van der Waals surface area contributed by atoms with E-state index in [1.165, 1.54) is 18.4 Å². The van der Waals surface area contributed by atoms with Crippen molar-refractivity contribution in [2.24, 2.45) is 0 Å².